The molecule has 150 valence electrons. The average molecular weight is 375 g/mol. The summed E-state index contributed by atoms with van der Waals surface area (Å²) in [6.07, 6.45) is 28.2. The first-order valence-electron chi connectivity index (χ1n) is 9.77. The van der Waals surface area contributed by atoms with Crippen molar-refractivity contribution in [3.63, 3.8) is 0 Å². The molecular formula is C22H34N2O3. The largest absolute Gasteiger partial charge is 0.501 e. The Hall–Kier alpha value is -2.11. The van der Waals surface area contributed by atoms with Crippen LogP contribution in [0.3, 0.4) is 0 Å². The van der Waals surface area contributed by atoms with Gasteiger partial charge in [0, 0.05) is 25.7 Å². The highest BCUT2D eigenvalue weighted by atomic mass is 16.7. The SMILES string of the molecule is C1=CCCC=C1.C1=CCCN=C1.C1=CNCC1.C1=COCC1.C1COCO1. The Labute approximate surface area is 164 Å². The highest BCUT2D eigenvalue weighted by molar-refractivity contribution is 5.71. The molecule has 0 aromatic carbocycles. The molecular weight excluding hydrogens is 340 g/mol. The summed E-state index contributed by atoms with van der Waals surface area (Å²) < 4.78 is 14.2. The van der Waals surface area contributed by atoms with E-state index in [2.05, 4.69) is 46.8 Å². The fraction of sp³-hybridized carbons (Fsp3) is 0.500. The van der Waals surface area contributed by atoms with Gasteiger partial charge in [0.2, 0.25) is 0 Å². The van der Waals surface area contributed by atoms with Gasteiger partial charge in [0.15, 0.2) is 0 Å². The Morgan fingerprint density at radius 3 is 1.67 bits per heavy atom. The number of rotatable bonds is 0. The molecule has 5 rings (SSSR count). The van der Waals surface area contributed by atoms with Crippen molar-refractivity contribution in [1.29, 1.82) is 0 Å². The minimum atomic E-state index is 0.500. The Kier molecular flexibility index (Phi) is 17.2. The third-order valence-electron chi connectivity index (χ3n) is 3.46. The number of nitrogens with one attached hydrogen (secondary N) is 1. The number of allylic oxidation sites excluding steroid dienone is 5. The van der Waals surface area contributed by atoms with Crippen LogP contribution in [0.1, 0.15) is 32.1 Å². The fourth-order valence-corrected chi connectivity index (χ4v) is 2.04. The zero-order chi connectivity index (χ0) is 19.1. The molecule has 5 nitrogen and oxygen atoms in total. The van der Waals surface area contributed by atoms with Gasteiger partial charge < -0.3 is 19.5 Å². The lowest BCUT2D eigenvalue weighted by Gasteiger charge is -1.88. The van der Waals surface area contributed by atoms with Gasteiger partial charge in [0.05, 0.1) is 26.1 Å². The minimum Gasteiger partial charge on any atom is -0.501 e. The van der Waals surface area contributed by atoms with Gasteiger partial charge in [-0.25, -0.2) is 0 Å². The topological polar surface area (TPSA) is 52.1 Å². The van der Waals surface area contributed by atoms with E-state index in [1.165, 1.54) is 19.3 Å². The Morgan fingerprint density at radius 1 is 0.704 bits per heavy atom. The van der Waals surface area contributed by atoms with Gasteiger partial charge >= 0.3 is 0 Å². The van der Waals surface area contributed by atoms with Crippen molar-refractivity contribution in [2.75, 3.05) is 39.7 Å². The number of nitrogens with zero attached hydrogens (tertiary/aromatic N) is 1. The smallest absolute Gasteiger partial charge is 0.146 e. The molecule has 1 N–H and O–H groups in total. The van der Waals surface area contributed by atoms with Gasteiger partial charge in [-0.1, -0.05) is 36.5 Å². The lowest BCUT2D eigenvalue weighted by atomic mass is 10.2. The van der Waals surface area contributed by atoms with Gasteiger partial charge in [0.1, 0.15) is 6.79 Å². The monoisotopic (exact) mass is 374 g/mol. The third kappa shape index (κ3) is 18.5. The number of ether oxygens (including phenoxy) is 3. The van der Waals surface area contributed by atoms with E-state index in [0.717, 1.165) is 45.8 Å². The zero-order valence-corrected chi connectivity index (χ0v) is 16.3. The first-order chi connectivity index (χ1) is 13.5. The molecule has 0 amide bonds. The quantitative estimate of drug-likeness (QED) is 0.686. The molecule has 0 spiro atoms. The molecule has 5 aliphatic rings. The van der Waals surface area contributed by atoms with Crippen molar-refractivity contribution in [2.24, 2.45) is 4.99 Å². The molecule has 27 heavy (non-hydrogen) atoms. The van der Waals surface area contributed by atoms with Crippen molar-refractivity contribution < 1.29 is 14.2 Å². The van der Waals surface area contributed by atoms with Gasteiger partial charge in [-0.3, -0.25) is 4.99 Å². The molecule has 0 saturated carbocycles. The van der Waals surface area contributed by atoms with Crippen molar-refractivity contribution >= 4 is 6.21 Å². The maximum atomic E-state index is 4.76. The van der Waals surface area contributed by atoms with E-state index in [1.807, 2.05) is 24.6 Å². The number of hydrogen-bond acceptors (Lipinski definition) is 5. The van der Waals surface area contributed by atoms with Crippen LogP contribution in [0, 0.1) is 0 Å². The first-order valence-corrected chi connectivity index (χ1v) is 9.77. The van der Waals surface area contributed by atoms with Gasteiger partial charge in [-0.15, -0.1) is 0 Å². The van der Waals surface area contributed by atoms with Crippen molar-refractivity contribution in [2.45, 2.75) is 32.1 Å². The minimum absolute atomic E-state index is 0.500. The summed E-state index contributed by atoms with van der Waals surface area (Å²) >= 11 is 0. The summed E-state index contributed by atoms with van der Waals surface area (Å²) in [5.41, 5.74) is 0. The maximum absolute atomic E-state index is 4.76. The summed E-state index contributed by atoms with van der Waals surface area (Å²) in [4.78, 5) is 3.97. The Balaban J connectivity index is 0.000000169. The summed E-state index contributed by atoms with van der Waals surface area (Å²) in [7, 11) is 0. The summed E-state index contributed by atoms with van der Waals surface area (Å²) in [5.74, 6) is 0. The van der Waals surface area contributed by atoms with Crippen LogP contribution in [-0.4, -0.2) is 45.9 Å². The van der Waals surface area contributed by atoms with Crippen LogP contribution >= 0.6 is 0 Å². The third-order valence-corrected chi connectivity index (χ3v) is 3.46. The molecule has 0 aromatic heterocycles. The number of aliphatic imine (C=N–C) groups is 1. The highest BCUT2D eigenvalue weighted by Crippen LogP contribution is 1.98. The molecule has 0 bridgehead atoms. The molecule has 1 aliphatic carbocycles. The van der Waals surface area contributed by atoms with Crippen LogP contribution in [0.2, 0.25) is 0 Å². The average Bonchev–Trinajstić information content (AvgIpc) is 3.58. The van der Waals surface area contributed by atoms with E-state index >= 15 is 0 Å². The molecule has 0 aromatic rings. The van der Waals surface area contributed by atoms with Gasteiger partial charge in [-0.05, 0) is 44.0 Å². The molecule has 1 saturated heterocycles. The van der Waals surface area contributed by atoms with Crippen LogP contribution < -0.4 is 5.32 Å². The molecule has 1 fully saturated rings. The van der Waals surface area contributed by atoms with E-state index in [1.54, 1.807) is 6.26 Å². The van der Waals surface area contributed by atoms with Crippen LogP contribution in [0.4, 0.5) is 0 Å². The maximum Gasteiger partial charge on any atom is 0.146 e. The lowest BCUT2D eigenvalue weighted by Crippen LogP contribution is -1.96. The fourth-order valence-electron chi connectivity index (χ4n) is 2.04. The second kappa shape index (κ2) is 20.2. The van der Waals surface area contributed by atoms with Gasteiger partial charge in [-0.2, -0.15) is 0 Å². The van der Waals surface area contributed by atoms with Gasteiger partial charge in [0.25, 0.3) is 0 Å². The normalized spacial score (nSPS) is 19.9. The number of dihydropyridines is 1. The van der Waals surface area contributed by atoms with E-state index in [0.29, 0.717) is 6.79 Å². The van der Waals surface area contributed by atoms with Crippen LogP contribution in [-0.2, 0) is 14.2 Å². The predicted molar refractivity (Wildman–Crippen MR) is 113 cm³/mol. The Bertz CT molecular complexity index is 406. The molecule has 4 heterocycles. The highest BCUT2D eigenvalue weighted by Gasteiger charge is 1.93. The van der Waals surface area contributed by atoms with E-state index < -0.39 is 0 Å². The van der Waals surface area contributed by atoms with E-state index in [9.17, 15) is 0 Å². The summed E-state index contributed by atoms with van der Waals surface area (Å²) in [5, 5.41) is 3.04. The summed E-state index contributed by atoms with van der Waals surface area (Å²) in [6.45, 7) is 5.07. The van der Waals surface area contributed by atoms with E-state index in [4.69, 9.17) is 14.2 Å². The number of hydrogen-bond donors (Lipinski definition) is 1. The van der Waals surface area contributed by atoms with Crippen LogP contribution in [0.5, 0.6) is 0 Å². The zero-order valence-electron chi connectivity index (χ0n) is 16.3. The van der Waals surface area contributed by atoms with Crippen molar-refractivity contribution in [3.05, 3.63) is 61.1 Å². The lowest BCUT2D eigenvalue weighted by molar-refractivity contribution is 0.0692. The molecule has 4 aliphatic heterocycles. The predicted octanol–water partition coefficient (Wildman–Crippen LogP) is 4.31. The Morgan fingerprint density at radius 2 is 1.48 bits per heavy atom. The van der Waals surface area contributed by atoms with Crippen molar-refractivity contribution in [1.82, 2.24) is 5.32 Å². The molecule has 5 heteroatoms. The standard InChI is InChI=1S/C6H8.C5H7N.C4H7N.C4H6O.C3H6O2/c2*1-2-4-6-5-3-1;2*1-2-4-5-3-1;1-2-5-3-4-1/h1-4H,5-6H2;1-2,4H,3,5H2;1,3,5H,2,4H2;1,3H,2,4H2;1-3H2. The molecule has 0 unspecified atom stereocenters. The second-order valence-electron chi connectivity index (χ2n) is 5.82. The van der Waals surface area contributed by atoms with E-state index in [-0.39, 0.29) is 0 Å². The van der Waals surface area contributed by atoms with Crippen LogP contribution in [0.25, 0.3) is 0 Å². The molecule has 0 radical (unpaired) electrons. The molecule has 0 atom stereocenters. The summed E-state index contributed by atoms with van der Waals surface area (Å²) in [6, 6.07) is 0. The second-order valence-corrected chi connectivity index (χ2v) is 5.82. The first kappa shape index (κ1) is 22.9. The van der Waals surface area contributed by atoms with Crippen LogP contribution in [0.15, 0.2) is 66.1 Å². The van der Waals surface area contributed by atoms with Crippen molar-refractivity contribution in [3.8, 4) is 0 Å².